The van der Waals surface area contributed by atoms with Crippen LogP contribution in [0.5, 0.6) is 11.5 Å². The molecule has 2 aliphatic rings. The molecule has 1 aliphatic carbocycles. The van der Waals surface area contributed by atoms with E-state index >= 15 is 0 Å². The van der Waals surface area contributed by atoms with E-state index in [1.807, 2.05) is 0 Å². The first-order valence-corrected chi connectivity index (χ1v) is 8.04. The molecule has 1 atom stereocenters. The van der Waals surface area contributed by atoms with Crippen LogP contribution in [0.1, 0.15) is 37.3 Å². The molecule has 7 nitrogen and oxygen atoms in total. The number of hydrogen-bond donors (Lipinski definition) is 2. The van der Waals surface area contributed by atoms with Crippen LogP contribution in [-0.4, -0.2) is 48.3 Å². The molecule has 0 bridgehead atoms. The highest BCUT2D eigenvalue weighted by molar-refractivity contribution is 5.90. The number of benzene rings is 1. The summed E-state index contributed by atoms with van der Waals surface area (Å²) in [5, 5.41) is 12.4. The molecule has 1 amide bonds. The van der Waals surface area contributed by atoms with Gasteiger partial charge in [0, 0.05) is 0 Å². The topological polar surface area (TPSA) is 88.1 Å². The van der Waals surface area contributed by atoms with Crippen molar-refractivity contribution in [3.05, 3.63) is 23.8 Å². The van der Waals surface area contributed by atoms with E-state index in [4.69, 9.17) is 9.47 Å². The van der Waals surface area contributed by atoms with E-state index < -0.39 is 17.6 Å². The Balaban J connectivity index is 1.85. The van der Waals surface area contributed by atoms with E-state index in [-0.39, 0.29) is 12.7 Å². The molecule has 3 rings (SSSR count). The summed E-state index contributed by atoms with van der Waals surface area (Å²) in [7, 11) is 3.58. The van der Waals surface area contributed by atoms with Crippen molar-refractivity contribution in [1.82, 2.24) is 10.2 Å². The van der Waals surface area contributed by atoms with Gasteiger partial charge in [-0.3, -0.25) is 9.69 Å². The third-order valence-electron chi connectivity index (χ3n) is 4.71. The van der Waals surface area contributed by atoms with Gasteiger partial charge >= 0.3 is 5.97 Å². The van der Waals surface area contributed by atoms with Crippen LogP contribution in [0, 0.1) is 0 Å². The molecular weight excluding hydrogens is 312 g/mol. The molecule has 0 saturated heterocycles. The van der Waals surface area contributed by atoms with Crippen LogP contribution in [0.3, 0.4) is 0 Å². The third-order valence-corrected chi connectivity index (χ3v) is 4.71. The molecule has 0 spiro atoms. The minimum atomic E-state index is -1.15. The summed E-state index contributed by atoms with van der Waals surface area (Å²) >= 11 is 0. The molecule has 1 aliphatic heterocycles. The zero-order valence-electron chi connectivity index (χ0n) is 13.9. The number of amides is 1. The fourth-order valence-electron chi connectivity index (χ4n) is 3.44. The summed E-state index contributed by atoms with van der Waals surface area (Å²) in [6.45, 7) is 0.166. The smallest absolute Gasteiger partial charge is 0.329 e. The highest BCUT2D eigenvalue weighted by atomic mass is 16.7. The van der Waals surface area contributed by atoms with Crippen LogP contribution in [0.25, 0.3) is 0 Å². The fourth-order valence-corrected chi connectivity index (χ4v) is 3.44. The second-order valence-corrected chi connectivity index (χ2v) is 6.56. The predicted molar refractivity (Wildman–Crippen MR) is 86.0 cm³/mol. The van der Waals surface area contributed by atoms with Gasteiger partial charge in [0.1, 0.15) is 11.6 Å². The molecule has 1 heterocycles. The number of ether oxygens (including phenoxy) is 2. The van der Waals surface area contributed by atoms with Gasteiger partial charge in [-0.15, -0.1) is 0 Å². The first-order chi connectivity index (χ1) is 11.4. The molecule has 1 saturated carbocycles. The predicted octanol–water partition coefficient (Wildman–Crippen LogP) is 1.53. The molecule has 1 aromatic rings. The van der Waals surface area contributed by atoms with Crippen molar-refractivity contribution in [3.8, 4) is 11.5 Å². The van der Waals surface area contributed by atoms with Crippen molar-refractivity contribution < 1.29 is 24.2 Å². The second-order valence-electron chi connectivity index (χ2n) is 6.56. The maximum absolute atomic E-state index is 12.9. The minimum Gasteiger partial charge on any atom is -0.480 e. The molecule has 2 N–H and O–H groups in total. The van der Waals surface area contributed by atoms with Crippen LogP contribution in [-0.2, 0) is 9.59 Å². The molecule has 0 aromatic heterocycles. The Bertz CT molecular complexity index is 652. The zero-order chi connectivity index (χ0) is 17.3. The maximum Gasteiger partial charge on any atom is 0.329 e. The standard InChI is InChI=1S/C17H22N2O5/c1-19(2)14(11-5-6-12-13(9-11)24-10-23-12)15(20)18-17(16(21)22)7-3-4-8-17/h5-6,9,14H,3-4,7-8,10H2,1-2H3,(H,18,20)(H,21,22)/t14-/m1/s1. The van der Waals surface area contributed by atoms with E-state index in [1.54, 1.807) is 37.2 Å². The number of rotatable bonds is 5. The van der Waals surface area contributed by atoms with E-state index in [2.05, 4.69) is 5.32 Å². The number of fused-ring (bicyclic) bond motifs is 1. The van der Waals surface area contributed by atoms with E-state index in [0.717, 1.165) is 18.4 Å². The Morgan fingerprint density at radius 2 is 1.88 bits per heavy atom. The van der Waals surface area contributed by atoms with Gasteiger partial charge in [0.15, 0.2) is 11.5 Å². The number of aliphatic carboxylic acids is 1. The Morgan fingerprint density at radius 1 is 1.21 bits per heavy atom. The van der Waals surface area contributed by atoms with Crippen LogP contribution in [0.4, 0.5) is 0 Å². The number of hydrogen-bond acceptors (Lipinski definition) is 5. The molecule has 1 aromatic carbocycles. The van der Waals surface area contributed by atoms with Gasteiger partial charge in [-0.05, 0) is 44.6 Å². The minimum absolute atomic E-state index is 0.166. The summed E-state index contributed by atoms with van der Waals surface area (Å²) in [6.07, 6.45) is 2.55. The molecular formula is C17H22N2O5. The van der Waals surface area contributed by atoms with Gasteiger partial charge in [-0.25, -0.2) is 4.79 Å². The van der Waals surface area contributed by atoms with Gasteiger partial charge < -0.3 is 19.9 Å². The van der Waals surface area contributed by atoms with Crippen molar-refractivity contribution in [1.29, 1.82) is 0 Å². The quantitative estimate of drug-likeness (QED) is 0.849. The van der Waals surface area contributed by atoms with Crippen LogP contribution in [0.2, 0.25) is 0 Å². The number of carbonyl (C=O) groups is 2. The Morgan fingerprint density at radius 3 is 2.50 bits per heavy atom. The summed E-state index contributed by atoms with van der Waals surface area (Å²) in [5.41, 5.74) is -0.415. The number of nitrogens with one attached hydrogen (secondary N) is 1. The third kappa shape index (κ3) is 2.91. The Labute approximate surface area is 140 Å². The van der Waals surface area contributed by atoms with E-state index in [0.29, 0.717) is 24.3 Å². The monoisotopic (exact) mass is 334 g/mol. The van der Waals surface area contributed by atoms with E-state index in [1.165, 1.54) is 0 Å². The largest absolute Gasteiger partial charge is 0.480 e. The molecule has 0 unspecified atom stereocenters. The number of carboxylic acid groups (broad SMARTS) is 1. The number of carbonyl (C=O) groups excluding carboxylic acids is 1. The van der Waals surface area contributed by atoms with Gasteiger partial charge in [-0.1, -0.05) is 18.9 Å². The lowest BCUT2D eigenvalue weighted by Crippen LogP contribution is -2.55. The highest BCUT2D eigenvalue weighted by Gasteiger charge is 2.44. The lowest BCUT2D eigenvalue weighted by Gasteiger charge is -2.30. The van der Waals surface area contributed by atoms with Crippen molar-refractivity contribution in [2.75, 3.05) is 20.9 Å². The normalized spacial score (nSPS) is 19.3. The molecule has 24 heavy (non-hydrogen) atoms. The lowest BCUT2D eigenvalue weighted by atomic mass is 9.96. The van der Waals surface area contributed by atoms with Crippen LogP contribution in [0.15, 0.2) is 18.2 Å². The van der Waals surface area contributed by atoms with Crippen LogP contribution >= 0.6 is 0 Å². The average molecular weight is 334 g/mol. The first kappa shape index (κ1) is 16.6. The van der Waals surface area contributed by atoms with Gasteiger partial charge in [0.05, 0.1) is 0 Å². The molecule has 1 fully saturated rings. The van der Waals surface area contributed by atoms with Gasteiger partial charge in [-0.2, -0.15) is 0 Å². The zero-order valence-corrected chi connectivity index (χ0v) is 13.9. The SMILES string of the molecule is CN(C)[C@@H](C(=O)NC1(C(=O)O)CCCC1)c1ccc2c(c1)OCO2. The number of carboxylic acids is 1. The molecule has 130 valence electrons. The van der Waals surface area contributed by atoms with Crippen molar-refractivity contribution in [3.63, 3.8) is 0 Å². The van der Waals surface area contributed by atoms with Gasteiger partial charge in [0.2, 0.25) is 12.7 Å². The highest BCUT2D eigenvalue weighted by Crippen LogP contribution is 2.36. The summed E-state index contributed by atoms with van der Waals surface area (Å²) in [6, 6.07) is 4.75. The molecule has 0 radical (unpaired) electrons. The summed E-state index contributed by atoms with van der Waals surface area (Å²) in [5.74, 6) is -0.0323. The average Bonchev–Trinajstić information content (AvgIpc) is 3.16. The Kier molecular flexibility index (Phi) is 4.36. The van der Waals surface area contributed by atoms with Crippen molar-refractivity contribution >= 4 is 11.9 Å². The summed E-state index contributed by atoms with van der Waals surface area (Å²) < 4.78 is 10.7. The van der Waals surface area contributed by atoms with Crippen molar-refractivity contribution in [2.45, 2.75) is 37.3 Å². The maximum atomic E-state index is 12.9. The number of likely N-dealkylation sites (N-methyl/N-ethyl adjacent to an activating group) is 1. The van der Waals surface area contributed by atoms with Gasteiger partial charge in [0.25, 0.3) is 0 Å². The lowest BCUT2D eigenvalue weighted by molar-refractivity contribution is -0.148. The van der Waals surface area contributed by atoms with E-state index in [9.17, 15) is 14.7 Å². The summed E-state index contributed by atoms with van der Waals surface area (Å²) in [4.78, 5) is 26.3. The fraction of sp³-hybridized carbons (Fsp3) is 0.529. The first-order valence-electron chi connectivity index (χ1n) is 8.04. The number of nitrogens with zero attached hydrogens (tertiary/aromatic N) is 1. The van der Waals surface area contributed by atoms with Crippen molar-refractivity contribution in [2.24, 2.45) is 0 Å². The van der Waals surface area contributed by atoms with Crippen LogP contribution < -0.4 is 14.8 Å². The Hall–Kier alpha value is -2.28. The molecule has 7 heteroatoms. The second kappa shape index (κ2) is 6.32.